The van der Waals surface area contributed by atoms with Gasteiger partial charge < -0.3 is 14.6 Å². The van der Waals surface area contributed by atoms with Gasteiger partial charge in [0.25, 0.3) is 0 Å². The van der Waals surface area contributed by atoms with E-state index in [1.165, 1.54) is 6.08 Å². The molecule has 1 aliphatic rings. The van der Waals surface area contributed by atoms with Crippen LogP contribution in [0.1, 0.15) is 12.0 Å². The topological polar surface area (TPSA) is 55.8 Å². The number of carboxylic acid groups (broad SMARTS) is 1. The molecule has 0 spiro atoms. The third-order valence-electron chi connectivity index (χ3n) is 2.19. The average molecular weight is 220 g/mol. The maximum Gasteiger partial charge on any atom is 0.328 e. The van der Waals surface area contributed by atoms with Gasteiger partial charge in [0.1, 0.15) is 0 Å². The molecule has 0 unspecified atom stereocenters. The number of carbonyl (C=O) groups is 1. The third kappa shape index (κ3) is 2.53. The van der Waals surface area contributed by atoms with E-state index in [1.54, 1.807) is 18.2 Å². The second-order valence-electron chi connectivity index (χ2n) is 3.43. The molecular formula is C12H12O4. The van der Waals surface area contributed by atoms with Gasteiger partial charge in [0, 0.05) is 12.5 Å². The highest BCUT2D eigenvalue weighted by molar-refractivity contribution is 5.85. The van der Waals surface area contributed by atoms with Crippen LogP contribution in [0.4, 0.5) is 0 Å². The van der Waals surface area contributed by atoms with Gasteiger partial charge in [-0.2, -0.15) is 0 Å². The Balaban J connectivity index is 2.24. The lowest BCUT2D eigenvalue weighted by Gasteiger charge is -2.07. The lowest BCUT2D eigenvalue weighted by Crippen LogP contribution is -1.97. The van der Waals surface area contributed by atoms with Crippen LogP contribution in [-0.4, -0.2) is 24.3 Å². The van der Waals surface area contributed by atoms with Crippen molar-refractivity contribution in [2.75, 3.05) is 13.2 Å². The highest BCUT2D eigenvalue weighted by Gasteiger charge is 2.09. The van der Waals surface area contributed by atoms with Crippen molar-refractivity contribution >= 4 is 12.0 Å². The smallest absolute Gasteiger partial charge is 0.328 e. The quantitative estimate of drug-likeness (QED) is 0.774. The number of benzene rings is 1. The molecule has 0 aromatic heterocycles. The zero-order chi connectivity index (χ0) is 11.4. The Labute approximate surface area is 93.1 Å². The van der Waals surface area contributed by atoms with Crippen LogP contribution in [0, 0.1) is 0 Å². The summed E-state index contributed by atoms with van der Waals surface area (Å²) in [5, 5.41) is 8.52. The molecule has 4 nitrogen and oxygen atoms in total. The molecule has 0 aliphatic carbocycles. The molecule has 0 atom stereocenters. The molecule has 1 N–H and O–H groups in total. The molecular weight excluding hydrogens is 208 g/mol. The first kappa shape index (κ1) is 10.5. The second-order valence-corrected chi connectivity index (χ2v) is 3.43. The number of fused-ring (bicyclic) bond motifs is 1. The van der Waals surface area contributed by atoms with Gasteiger partial charge in [-0.05, 0) is 23.8 Å². The predicted molar refractivity (Wildman–Crippen MR) is 58.7 cm³/mol. The van der Waals surface area contributed by atoms with Crippen molar-refractivity contribution in [2.24, 2.45) is 0 Å². The SMILES string of the molecule is O=C(O)/C=C\c1ccc2c(c1)OCCCO2. The minimum atomic E-state index is -0.966. The van der Waals surface area contributed by atoms with Gasteiger partial charge >= 0.3 is 5.97 Å². The van der Waals surface area contributed by atoms with Crippen LogP contribution < -0.4 is 9.47 Å². The Morgan fingerprint density at radius 1 is 1.25 bits per heavy atom. The normalized spacial score (nSPS) is 14.8. The molecule has 1 aromatic carbocycles. The van der Waals surface area contributed by atoms with Gasteiger partial charge in [0.05, 0.1) is 13.2 Å². The lowest BCUT2D eigenvalue weighted by molar-refractivity contribution is -0.131. The predicted octanol–water partition coefficient (Wildman–Crippen LogP) is 1.95. The summed E-state index contributed by atoms with van der Waals surface area (Å²) < 4.78 is 11.0. The Bertz CT molecular complexity index is 423. The standard InChI is InChI=1S/C12H12O4/c13-12(14)5-3-9-2-4-10-11(8-9)16-7-1-6-15-10/h2-5,8H,1,6-7H2,(H,13,14)/b5-3-. The molecule has 1 heterocycles. The van der Waals surface area contributed by atoms with Crippen molar-refractivity contribution in [2.45, 2.75) is 6.42 Å². The van der Waals surface area contributed by atoms with Crippen LogP contribution in [0.3, 0.4) is 0 Å². The van der Waals surface area contributed by atoms with Crippen molar-refractivity contribution in [1.82, 2.24) is 0 Å². The summed E-state index contributed by atoms with van der Waals surface area (Å²) in [6.07, 6.45) is 3.48. The highest BCUT2D eigenvalue weighted by Crippen LogP contribution is 2.30. The fraction of sp³-hybridized carbons (Fsp3) is 0.250. The van der Waals surface area contributed by atoms with Crippen LogP contribution in [-0.2, 0) is 4.79 Å². The van der Waals surface area contributed by atoms with Crippen LogP contribution in [0.25, 0.3) is 6.08 Å². The van der Waals surface area contributed by atoms with Crippen LogP contribution in [0.5, 0.6) is 11.5 Å². The van der Waals surface area contributed by atoms with E-state index >= 15 is 0 Å². The third-order valence-corrected chi connectivity index (χ3v) is 2.19. The molecule has 1 aromatic rings. The van der Waals surface area contributed by atoms with Crippen molar-refractivity contribution in [3.63, 3.8) is 0 Å². The maximum atomic E-state index is 10.4. The summed E-state index contributed by atoms with van der Waals surface area (Å²) in [5.41, 5.74) is 0.784. The number of hydrogen-bond donors (Lipinski definition) is 1. The molecule has 0 bridgehead atoms. The van der Waals surface area contributed by atoms with E-state index in [9.17, 15) is 4.79 Å². The Morgan fingerprint density at radius 2 is 2.00 bits per heavy atom. The fourth-order valence-corrected chi connectivity index (χ4v) is 1.45. The first-order valence-corrected chi connectivity index (χ1v) is 5.06. The zero-order valence-electron chi connectivity index (χ0n) is 8.68. The molecule has 84 valence electrons. The Kier molecular flexibility index (Phi) is 3.10. The van der Waals surface area contributed by atoms with Gasteiger partial charge in [0.2, 0.25) is 0 Å². The molecule has 16 heavy (non-hydrogen) atoms. The molecule has 0 fully saturated rings. The molecule has 0 amide bonds. The average Bonchev–Trinajstić information content (AvgIpc) is 2.50. The molecule has 0 radical (unpaired) electrons. The van der Waals surface area contributed by atoms with Crippen molar-refractivity contribution in [3.05, 3.63) is 29.8 Å². The monoisotopic (exact) mass is 220 g/mol. The van der Waals surface area contributed by atoms with Crippen LogP contribution in [0.2, 0.25) is 0 Å². The van der Waals surface area contributed by atoms with Gasteiger partial charge in [-0.1, -0.05) is 6.07 Å². The van der Waals surface area contributed by atoms with E-state index in [4.69, 9.17) is 14.6 Å². The minimum absolute atomic E-state index is 0.624. The summed E-state index contributed by atoms with van der Waals surface area (Å²) in [6, 6.07) is 5.37. The molecule has 2 rings (SSSR count). The highest BCUT2D eigenvalue weighted by atomic mass is 16.5. The van der Waals surface area contributed by atoms with Crippen LogP contribution >= 0.6 is 0 Å². The van der Waals surface area contributed by atoms with E-state index in [0.29, 0.717) is 24.7 Å². The second kappa shape index (κ2) is 4.70. The fourth-order valence-electron chi connectivity index (χ4n) is 1.45. The summed E-state index contributed by atoms with van der Waals surface area (Å²) in [6.45, 7) is 1.27. The van der Waals surface area contributed by atoms with Crippen molar-refractivity contribution in [3.8, 4) is 11.5 Å². The maximum absolute atomic E-state index is 10.4. The molecule has 0 saturated heterocycles. The number of carboxylic acids is 1. The Hall–Kier alpha value is -1.97. The first-order chi connectivity index (χ1) is 7.75. The zero-order valence-corrected chi connectivity index (χ0v) is 8.68. The van der Waals surface area contributed by atoms with Crippen LogP contribution in [0.15, 0.2) is 24.3 Å². The van der Waals surface area contributed by atoms with Gasteiger partial charge in [-0.25, -0.2) is 4.79 Å². The number of ether oxygens (including phenoxy) is 2. The number of aliphatic carboxylic acids is 1. The first-order valence-electron chi connectivity index (χ1n) is 5.06. The van der Waals surface area contributed by atoms with E-state index in [0.717, 1.165) is 18.1 Å². The summed E-state index contributed by atoms with van der Waals surface area (Å²) in [5.74, 6) is 0.419. The largest absolute Gasteiger partial charge is 0.490 e. The number of rotatable bonds is 2. The van der Waals surface area contributed by atoms with Gasteiger partial charge in [-0.3, -0.25) is 0 Å². The molecule has 4 heteroatoms. The summed E-state index contributed by atoms with van der Waals surface area (Å²) >= 11 is 0. The minimum Gasteiger partial charge on any atom is -0.490 e. The van der Waals surface area contributed by atoms with E-state index in [2.05, 4.69) is 0 Å². The van der Waals surface area contributed by atoms with E-state index < -0.39 is 5.97 Å². The van der Waals surface area contributed by atoms with E-state index in [1.807, 2.05) is 0 Å². The van der Waals surface area contributed by atoms with Gasteiger partial charge in [-0.15, -0.1) is 0 Å². The number of hydrogen-bond acceptors (Lipinski definition) is 3. The van der Waals surface area contributed by atoms with E-state index in [-0.39, 0.29) is 0 Å². The van der Waals surface area contributed by atoms with Crippen molar-refractivity contribution < 1.29 is 19.4 Å². The van der Waals surface area contributed by atoms with Crippen molar-refractivity contribution in [1.29, 1.82) is 0 Å². The Morgan fingerprint density at radius 3 is 2.75 bits per heavy atom. The lowest BCUT2D eigenvalue weighted by atomic mass is 10.2. The summed E-state index contributed by atoms with van der Waals surface area (Å²) in [4.78, 5) is 10.4. The molecule has 0 saturated carbocycles. The summed E-state index contributed by atoms with van der Waals surface area (Å²) in [7, 11) is 0. The molecule has 1 aliphatic heterocycles. The van der Waals surface area contributed by atoms with Gasteiger partial charge in [0.15, 0.2) is 11.5 Å².